The standard InChI is InChI=1S/C44H28N2O4.C42H24N2O4/c1-45-41(47)35-7-3-5-33-31(21-23-37(39(33)35)43(45)49)29-17-13-27(14-18-29)25-9-11-26(12-10-25)28-15-19-30(20-16-28)32-22-24-38-40-34(32)6-4-8-36(40)42(48)46(2)44(38)50;45-39-33-15-7-13-31-29(21-23-35(37(31)33)41(47)43(39)27-9-3-1-4-10-27)25-17-19-26(20-18-25)30-22-24-36-38-32(30)14-8-16-34(38)40(46)44(42(36)48)28-11-5-2-6-12-28/h3-24H,1-2H3;1-24H. The van der Waals surface area contributed by atoms with Gasteiger partial charge in [-0.3, -0.25) is 48.2 Å². The lowest BCUT2D eigenvalue weighted by Crippen LogP contribution is -2.40. The van der Waals surface area contributed by atoms with Crippen molar-refractivity contribution in [3.8, 4) is 66.8 Å². The fourth-order valence-electron chi connectivity index (χ4n) is 14.6. The Balaban J connectivity index is 0.000000147. The highest BCUT2D eigenvalue weighted by Crippen LogP contribution is 2.44. The van der Waals surface area contributed by atoms with Gasteiger partial charge in [0.15, 0.2) is 0 Å². The summed E-state index contributed by atoms with van der Waals surface area (Å²) in [6.45, 7) is 0. The molecular formula is C86H52N4O8. The first-order chi connectivity index (χ1) is 47.8. The number of hydrogen-bond acceptors (Lipinski definition) is 8. The highest BCUT2D eigenvalue weighted by atomic mass is 16.2. The van der Waals surface area contributed by atoms with Gasteiger partial charge in [-0.15, -0.1) is 0 Å². The molecule has 0 saturated carbocycles. The van der Waals surface area contributed by atoms with Gasteiger partial charge in [0.1, 0.15) is 0 Å². The average molecular weight is 1270 g/mol. The maximum Gasteiger partial charge on any atom is 0.265 e. The van der Waals surface area contributed by atoms with E-state index in [1.54, 1.807) is 60.7 Å². The number of carbonyl (C=O) groups is 8. The van der Waals surface area contributed by atoms with Crippen LogP contribution in [0.25, 0.3) is 110 Å². The third-order valence-corrected chi connectivity index (χ3v) is 19.5. The first-order valence-electron chi connectivity index (χ1n) is 32.0. The fourth-order valence-corrected chi connectivity index (χ4v) is 14.6. The summed E-state index contributed by atoms with van der Waals surface area (Å²) in [6, 6.07) is 88.7. The van der Waals surface area contributed by atoms with Crippen LogP contribution in [0.2, 0.25) is 0 Å². The number of nitrogens with zero attached hydrogens (tertiary/aromatic N) is 4. The number of carbonyl (C=O) groups excluding carboxylic acids is 8. The van der Waals surface area contributed by atoms with Gasteiger partial charge < -0.3 is 0 Å². The van der Waals surface area contributed by atoms with Crippen molar-refractivity contribution in [3.05, 3.63) is 324 Å². The van der Waals surface area contributed by atoms with Crippen LogP contribution in [0.15, 0.2) is 279 Å². The largest absolute Gasteiger partial charge is 0.277 e. The molecule has 14 aromatic carbocycles. The Morgan fingerprint density at radius 2 is 0.367 bits per heavy atom. The SMILES string of the molecule is CN1C(=O)c2cccc3c(-c4ccc(-c5ccc(-c6ccc(-c7ccc8c9c(cccc79)C(=O)N(C)C8=O)cc6)cc5)cc4)ccc(c23)C1=O.O=C1c2cccc3c(-c4ccc(-c5ccc6c7c(cccc57)C(=O)N(c5ccccc5)C6=O)cc4)ccc(c23)C(=O)N1c1ccccc1. The molecule has 464 valence electrons. The van der Waals surface area contributed by atoms with Gasteiger partial charge in [0, 0.05) is 80.1 Å². The molecule has 0 aromatic heterocycles. The van der Waals surface area contributed by atoms with Crippen LogP contribution in [0.1, 0.15) is 82.9 Å². The Bertz CT molecular complexity index is 5420. The van der Waals surface area contributed by atoms with Crippen molar-refractivity contribution in [2.45, 2.75) is 0 Å². The highest BCUT2D eigenvalue weighted by molar-refractivity contribution is 6.38. The highest BCUT2D eigenvalue weighted by Gasteiger charge is 2.38. The van der Waals surface area contributed by atoms with Crippen LogP contribution in [0.3, 0.4) is 0 Å². The molecule has 14 aromatic rings. The molecule has 0 saturated heterocycles. The summed E-state index contributed by atoms with van der Waals surface area (Å²) in [4.78, 5) is 111. The minimum absolute atomic E-state index is 0.279. The van der Waals surface area contributed by atoms with Crippen LogP contribution in [-0.2, 0) is 0 Å². The molecule has 0 fully saturated rings. The van der Waals surface area contributed by atoms with Gasteiger partial charge in [0.05, 0.1) is 11.4 Å². The Hall–Kier alpha value is -13.3. The van der Waals surface area contributed by atoms with Crippen LogP contribution >= 0.6 is 0 Å². The van der Waals surface area contributed by atoms with E-state index in [2.05, 4.69) is 72.8 Å². The Morgan fingerprint density at radius 1 is 0.173 bits per heavy atom. The Morgan fingerprint density at radius 3 is 0.612 bits per heavy atom. The first kappa shape index (κ1) is 58.5. The van der Waals surface area contributed by atoms with Gasteiger partial charge in [-0.05, 0) is 161 Å². The Kier molecular flexibility index (Phi) is 13.6. The van der Waals surface area contributed by atoms with Crippen molar-refractivity contribution >= 4 is 102 Å². The van der Waals surface area contributed by atoms with Crippen molar-refractivity contribution in [2.24, 2.45) is 0 Å². The molecule has 0 spiro atoms. The molecule has 4 aliphatic heterocycles. The van der Waals surface area contributed by atoms with Crippen molar-refractivity contribution in [2.75, 3.05) is 23.9 Å². The zero-order valence-electron chi connectivity index (χ0n) is 52.6. The van der Waals surface area contributed by atoms with Gasteiger partial charge in [-0.25, -0.2) is 9.80 Å². The molecular weight excluding hydrogens is 1220 g/mol. The van der Waals surface area contributed by atoms with E-state index in [1.165, 1.54) is 33.7 Å². The number of hydrogen-bond donors (Lipinski definition) is 0. The number of anilines is 2. The average Bonchev–Trinajstić information content (AvgIpc) is 0.757. The molecule has 4 heterocycles. The van der Waals surface area contributed by atoms with Crippen molar-refractivity contribution in [1.82, 2.24) is 9.80 Å². The second kappa shape index (κ2) is 22.7. The molecule has 18 rings (SSSR count). The summed E-state index contributed by atoms with van der Waals surface area (Å²) in [6.07, 6.45) is 0. The van der Waals surface area contributed by atoms with E-state index in [1.807, 2.05) is 146 Å². The van der Waals surface area contributed by atoms with E-state index >= 15 is 0 Å². The van der Waals surface area contributed by atoms with E-state index in [9.17, 15) is 38.4 Å². The quantitative estimate of drug-likeness (QED) is 0.137. The molecule has 4 aliphatic rings. The van der Waals surface area contributed by atoms with Crippen molar-refractivity contribution in [1.29, 1.82) is 0 Å². The smallest absolute Gasteiger partial charge is 0.265 e. The topological polar surface area (TPSA) is 150 Å². The first-order valence-corrected chi connectivity index (χ1v) is 32.0. The predicted octanol–water partition coefficient (Wildman–Crippen LogP) is 18.0. The summed E-state index contributed by atoms with van der Waals surface area (Å²) in [5, 5.41) is 6.18. The second-order valence-electron chi connectivity index (χ2n) is 24.8. The second-order valence-corrected chi connectivity index (χ2v) is 24.8. The van der Waals surface area contributed by atoms with E-state index < -0.39 is 0 Å². The summed E-state index contributed by atoms with van der Waals surface area (Å²) in [5.74, 6) is -2.49. The minimum Gasteiger partial charge on any atom is -0.277 e. The van der Waals surface area contributed by atoms with Gasteiger partial charge in [-0.1, -0.05) is 206 Å². The van der Waals surface area contributed by atoms with Crippen molar-refractivity contribution < 1.29 is 38.4 Å². The number of rotatable bonds is 8. The molecule has 0 atom stereocenters. The van der Waals surface area contributed by atoms with Gasteiger partial charge in [-0.2, -0.15) is 0 Å². The fraction of sp³-hybridized carbons (Fsp3) is 0.0233. The molecule has 8 amide bonds. The molecule has 98 heavy (non-hydrogen) atoms. The summed E-state index contributed by atoms with van der Waals surface area (Å²) in [7, 11) is 3.05. The zero-order chi connectivity index (χ0) is 66.8. The van der Waals surface area contributed by atoms with E-state index in [-0.39, 0.29) is 47.3 Å². The van der Waals surface area contributed by atoms with Gasteiger partial charge in [0.2, 0.25) is 0 Å². The molecule has 0 aliphatic carbocycles. The maximum atomic E-state index is 13.6. The monoisotopic (exact) mass is 1270 g/mol. The third-order valence-electron chi connectivity index (χ3n) is 19.5. The Labute approximate surface area is 561 Å². The number of amides is 8. The minimum atomic E-state index is -0.344. The summed E-state index contributed by atoms with van der Waals surface area (Å²) < 4.78 is 0. The van der Waals surface area contributed by atoms with Crippen LogP contribution in [-0.4, -0.2) is 71.2 Å². The van der Waals surface area contributed by atoms with Crippen LogP contribution < -0.4 is 9.80 Å². The zero-order valence-corrected chi connectivity index (χ0v) is 52.6. The lowest BCUT2D eigenvalue weighted by molar-refractivity contribution is 0.0635. The molecule has 0 N–H and O–H groups in total. The maximum absolute atomic E-state index is 13.6. The number of para-hydroxylation sites is 2. The van der Waals surface area contributed by atoms with Gasteiger partial charge in [0.25, 0.3) is 47.3 Å². The van der Waals surface area contributed by atoms with Gasteiger partial charge >= 0.3 is 0 Å². The molecule has 0 radical (unpaired) electrons. The van der Waals surface area contributed by atoms with Crippen LogP contribution in [0.4, 0.5) is 11.4 Å². The van der Waals surface area contributed by atoms with E-state index in [4.69, 9.17) is 0 Å². The molecule has 12 nitrogen and oxygen atoms in total. The summed E-state index contributed by atoms with van der Waals surface area (Å²) >= 11 is 0. The molecule has 0 bridgehead atoms. The molecule has 12 heteroatoms. The number of benzene rings is 14. The van der Waals surface area contributed by atoms with E-state index in [0.29, 0.717) is 77.4 Å². The van der Waals surface area contributed by atoms with Crippen LogP contribution in [0.5, 0.6) is 0 Å². The lowest BCUT2D eigenvalue weighted by atomic mass is 9.87. The summed E-state index contributed by atoms with van der Waals surface area (Å²) in [5.41, 5.74) is 17.2. The van der Waals surface area contributed by atoms with Crippen LogP contribution in [0, 0.1) is 0 Å². The third kappa shape index (κ3) is 9.06. The lowest BCUT2D eigenvalue weighted by Gasteiger charge is -2.28. The molecule has 0 unspecified atom stereocenters. The van der Waals surface area contributed by atoms with Crippen molar-refractivity contribution in [3.63, 3.8) is 0 Å². The van der Waals surface area contributed by atoms with E-state index in [0.717, 1.165) is 88.3 Å². The predicted molar refractivity (Wildman–Crippen MR) is 384 cm³/mol. The normalized spacial score (nSPS) is 13.9. The number of imide groups is 4.